The molecule has 7 heteroatoms. The van der Waals surface area contributed by atoms with E-state index in [1.807, 2.05) is 22.9 Å². The zero-order valence-electron chi connectivity index (χ0n) is 19.4. The first-order valence-electron chi connectivity index (χ1n) is 11.6. The van der Waals surface area contributed by atoms with Crippen molar-refractivity contribution in [1.82, 2.24) is 19.7 Å². The maximum absolute atomic E-state index is 5.84. The molecule has 7 nitrogen and oxygen atoms in total. The van der Waals surface area contributed by atoms with Crippen LogP contribution in [0.2, 0.25) is 0 Å². The van der Waals surface area contributed by atoms with Gasteiger partial charge in [0.1, 0.15) is 12.4 Å². The number of aryl methyl sites for hydroxylation is 1. The van der Waals surface area contributed by atoms with Gasteiger partial charge in [0.25, 0.3) is 0 Å². The van der Waals surface area contributed by atoms with Crippen LogP contribution in [0.15, 0.2) is 55.0 Å². The van der Waals surface area contributed by atoms with Crippen molar-refractivity contribution in [3.63, 3.8) is 0 Å². The molecule has 0 spiro atoms. The van der Waals surface area contributed by atoms with Crippen LogP contribution in [-0.2, 0) is 6.54 Å². The molecule has 0 saturated heterocycles. The third-order valence-electron chi connectivity index (χ3n) is 6.15. The van der Waals surface area contributed by atoms with Gasteiger partial charge in [-0.15, -0.1) is 0 Å². The second-order valence-electron chi connectivity index (χ2n) is 8.28. The smallest absolute Gasteiger partial charge is 0.180 e. The summed E-state index contributed by atoms with van der Waals surface area (Å²) in [6.07, 6.45) is 5.78. The van der Waals surface area contributed by atoms with Crippen molar-refractivity contribution >= 4 is 22.8 Å². The standard InChI is InChI=1S/C26H30N6O/c1-4-31(5-2)23-8-7-21(14-18(23)3)29-25-26-28-10-12-32(26)17-22(30-25)19-6-9-24-20(15-19)16-27-11-13-33-24/h6-10,12,14-15,17,27H,4-5,11,13,16H2,1-3H3,(H,29,30). The van der Waals surface area contributed by atoms with E-state index in [1.165, 1.54) is 11.3 Å². The van der Waals surface area contributed by atoms with Crippen LogP contribution in [0.25, 0.3) is 16.9 Å². The Labute approximate surface area is 194 Å². The van der Waals surface area contributed by atoms with Gasteiger partial charge in [-0.1, -0.05) is 0 Å². The Kier molecular flexibility index (Phi) is 5.88. The van der Waals surface area contributed by atoms with E-state index in [-0.39, 0.29) is 0 Å². The first-order valence-corrected chi connectivity index (χ1v) is 11.6. The van der Waals surface area contributed by atoms with E-state index in [0.29, 0.717) is 6.61 Å². The lowest BCUT2D eigenvalue weighted by atomic mass is 10.1. The summed E-state index contributed by atoms with van der Waals surface area (Å²) in [6.45, 7) is 10.8. The van der Waals surface area contributed by atoms with Crippen LogP contribution in [0, 0.1) is 6.92 Å². The van der Waals surface area contributed by atoms with Gasteiger partial charge in [0.15, 0.2) is 11.5 Å². The topological polar surface area (TPSA) is 66.7 Å². The van der Waals surface area contributed by atoms with Crippen molar-refractivity contribution in [1.29, 1.82) is 0 Å². The van der Waals surface area contributed by atoms with E-state index < -0.39 is 0 Å². The number of hydrogen-bond donors (Lipinski definition) is 2. The molecule has 5 rings (SSSR count). The highest BCUT2D eigenvalue weighted by Crippen LogP contribution is 2.30. The third kappa shape index (κ3) is 4.24. The summed E-state index contributed by atoms with van der Waals surface area (Å²) in [5, 5.41) is 6.91. The molecule has 0 saturated carbocycles. The molecule has 1 aliphatic rings. The predicted octanol–water partition coefficient (Wildman–Crippen LogP) is 4.78. The van der Waals surface area contributed by atoms with Gasteiger partial charge >= 0.3 is 0 Å². The predicted molar refractivity (Wildman–Crippen MR) is 134 cm³/mol. The van der Waals surface area contributed by atoms with Crippen LogP contribution >= 0.6 is 0 Å². The third-order valence-corrected chi connectivity index (χ3v) is 6.15. The largest absolute Gasteiger partial charge is 0.492 e. The number of nitrogens with zero attached hydrogens (tertiary/aromatic N) is 4. The molecule has 0 radical (unpaired) electrons. The fourth-order valence-electron chi connectivity index (χ4n) is 4.42. The van der Waals surface area contributed by atoms with E-state index in [9.17, 15) is 0 Å². The molecule has 0 fully saturated rings. The van der Waals surface area contributed by atoms with E-state index in [1.54, 1.807) is 6.20 Å². The quantitative estimate of drug-likeness (QED) is 0.448. The number of hydrogen-bond acceptors (Lipinski definition) is 6. The van der Waals surface area contributed by atoms with E-state index in [4.69, 9.17) is 9.72 Å². The minimum Gasteiger partial charge on any atom is -0.492 e. The van der Waals surface area contributed by atoms with Gasteiger partial charge in [0.05, 0.1) is 5.69 Å². The summed E-state index contributed by atoms with van der Waals surface area (Å²) < 4.78 is 7.86. The highest BCUT2D eigenvalue weighted by molar-refractivity contribution is 5.75. The number of nitrogens with one attached hydrogen (secondary N) is 2. The van der Waals surface area contributed by atoms with E-state index in [2.05, 4.69) is 71.6 Å². The molecule has 0 bridgehead atoms. The second kappa shape index (κ2) is 9.11. The highest BCUT2D eigenvalue weighted by atomic mass is 16.5. The summed E-state index contributed by atoms with van der Waals surface area (Å²) in [4.78, 5) is 11.9. The fourth-order valence-corrected chi connectivity index (χ4v) is 4.42. The summed E-state index contributed by atoms with van der Waals surface area (Å²) in [5.74, 6) is 1.67. The van der Waals surface area contributed by atoms with Gasteiger partial charge < -0.3 is 24.7 Å². The maximum Gasteiger partial charge on any atom is 0.180 e. The molecular formula is C26H30N6O. The normalized spacial score (nSPS) is 13.3. The molecule has 2 aromatic carbocycles. The lowest BCUT2D eigenvalue weighted by Gasteiger charge is -2.23. The van der Waals surface area contributed by atoms with Crippen molar-refractivity contribution in [3.8, 4) is 17.0 Å². The van der Waals surface area contributed by atoms with Crippen molar-refractivity contribution < 1.29 is 4.74 Å². The Balaban J connectivity index is 1.50. The molecule has 1 aliphatic heterocycles. The Morgan fingerprint density at radius 2 is 2.03 bits per heavy atom. The van der Waals surface area contributed by atoms with Crippen LogP contribution in [-0.4, -0.2) is 40.6 Å². The van der Waals surface area contributed by atoms with E-state index in [0.717, 1.165) is 65.9 Å². The molecule has 0 aliphatic carbocycles. The second-order valence-corrected chi connectivity index (χ2v) is 8.28. The zero-order valence-corrected chi connectivity index (χ0v) is 19.4. The Hall–Kier alpha value is -3.58. The van der Waals surface area contributed by atoms with Crippen LogP contribution in [0.5, 0.6) is 5.75 Å². The lowest BCUT2D eigenvalue weighted by Crippen LogP contribution is -2.22. The first-order chi connectivity index (χ1) is 16.2. The molecule has 33 heavy (non-hydrogen) atoms. The average Bonchev–Trinajstić information content (AvgIpc) is 3.18. The van der Waals surface area contributed by atoms with Crippen LogP contribution < -0.4 is 20.3 Å². The maximum atomic E-state index is 5.84. The van der Waals surface area contributed by atoms with Crippen molar-refractivity contribution in [2.75, 3.05) is 36.5 Å². The molecular weight excluding hydrogens is 412 g/mol. The SMILES string of the molecule is CCN(CC)c1ccc(Nc2nc(-c3ccc4c(c3)CNCCO4)cn3ccnc23)cc1C. The summed E-state index contributed by atoms with van der Waals surface area (Å²) in [5.41, 5.74) is 7.37. The molecule has 170 valence electrons. The number of imidazole rings is 1. The van der Waals surface area contributed by atoms with Gasteiger partial charge in [-0.3, -0.25) is 0 Å². The number of fused-ring (bicyclic) bond motifs is 2. The van der Waals surface area contributed by atoms with Crippen molar-refractivity contribution in [3.05, 3.63) is 66.1 Å². The molecule has 3 heterocycles. The monoisotopic (exact) mass is 442 g/mol. The van der Waals surface area contributed by atoms with E-state index >= 15 is 0 Å². The van der Waals surface area contributed by atoms with Gasteiger partial charge in [-0.25, -0.2) is 9.97 Å². The molecule has 0 unspecified atom stereocenters. The average molecular weight is 443 g/mol. The Morgan fingerprint density at radius 3 is 2.85 bits per heavy atom. The van der Waals surface area contributed by atoms with Crippen LogP contribution in [0.1, 0.15) is 25.0 Å². The summed E-state index contributed by atoms with van der Waals surface area (Å²) in [7, 11) is 0. The molecule has 0 amide bonds. The van der Waals surface area contributed by atoms with Crippen LogP contribution in [0.4, 0.5) is 17.2 Å². The zero-order chi connectivity index (χ0) is 22.8. The molecule has 2 N–H and O–H groups in total. The van der Waals surface area contributed by atoms with Gasteiger partial charge in [-0.2, -0.15) is 0 Å². The van der Waals surface area contributed by atoms with Gasteiger partial charge in [0, 0.05) is 67.3 Å². The number of benzene rings is 2. The molecule has 0 atom stereocenters. The number of aromatic nitrogens is 3. The van der Waals surface area contributed by atoms with Gasteiger partial charge in [-0.05, 0) is 62.7 Å². The van der Waals surface area contributed by atoms with Gasteiger partial charge in [0.2, 0.25) is 0 Å². The van der Waals surface area contributed by atoms with Crippen molar-refractivity contribution in [2.45, 2.75) is 27.3 Å². The minimum atomic E-state index is 0.687. The first kappa shape index (κ1) is 21.3. The fraction of sp³-hybridized carbons (Fsp3) is 0.308. The summed E-state index contributed by atoms with van der Waals surface area (Å²) >= 11 is 0. The minimum absolute atomic E-state index is 0.687. The number of rotatable bonds is 6. The van der Waals surface area contributed by atoms with Crippen molar-refractivity contribution in [2.24, 2.45) is 0 Å². The lowest BCUT2D eigenvalue weighted by molar-refractivity contribution is 0.326. The Bertz CT molecular complexity index is 1280. The number of ether oxygens (including phenoxy) is 1. The van der Waals surface area contributed by atoms with Crippen LogP contribution in [0.3, 0.4) is 0 Å². The Morgan fingerprint density at radius 1 is 1.15 bits per heavy atom. The summed E-state index contributed by atoms with van der Waals surface area (Å²) in [6, 6.07) is 12.7. The highest BCUT2D eigenvalue weighted by Gasteiger charge is 2.14. The molecule has 4 aromatic rings. The number of anilines is 3. The molecule has 2 aromatic heterocycles.